The minimum absolute atomic E-state index is 0.109. The maximum atomic E-state index is 13.7. The molecule has 0 aliphatic rings. The average molecular weight is 376 g/mol. The smallest absolute Gasteiger partial charge is 0.274 e. The van der Waals surface area contributed by atoms with Gasteiger partial charge in [0.15, 0.2) is 17.5 Å². The zero-order valence-electron chi connectivity index (χ0n) is 13.6. The van der Waals surface area contributed by atoms with E-state index >= 15 is 0 Å². The van der Waals surface area contributed by atoms with E-state index < -0.39 is 29.0 Å². The van der Waals surface area contributed by atoms with Crippen LogP contribution in [0.3, 0.4) is 0 Å². The Hall–Kier alpha value is -3.49. The Labute approximate surface area is 151 Å². The zero-order chi connectivity index (χ0) is 19.4. The van der Waals surface area contributed by atoms with Crippen LogP contribution in [0.5, 0.6) is 0 Å². The van der Waals surface area contributed by atoms with Crippen LogP contribution in [0, 0.1) is 23.3 Å². The summed E-state index contributed by atoms with van der Waals surface area (Å²) in [5.74, 6) is -5.63. The van der Waals surface area contributed by atoms with E-state index in [1.807, 2.05) is 0 Å². The number of hydrogen-bond acceptors (Lipinski definition) is 4. The fourth-order valence-corrected chi connectivity index (χ4v) is 2.16. The van der Waals surface area contributed by atoms with E-state index in [4.69, 9.17) is 0 Å². The number of nitrogens with one attached hydrogen (secondary N) is 2. The van der Waals surface area contributed by atoms with Gasteiger partial charge in [0.1, 0.15) is 11.5 Å². The number of carbonyl (C=O) groups is 1. The van der Waals surface area contributed by atoms with Gasteiger partial charge in [-0.05, 0) is 35.9 Å². The normalized spacial score (nSPS) is 10.5. The second kappa shape index (κ2) is 7.81. The van der Waals surface area contributed by atoms with E-state index in [0.717, 1.165) is 11.6 Å². The number of nitrogens with zero attached hydrogens (tertiary/aromatic N) is 2. The van der Waals surface area contributed by atoms with Gasteiger partial charge in [-0.2, -0.15) is 0 Å². The highest BCUT2D eigenvalue weighted by Crippen LogP contribution is 2.20. The highest BCUT2D eigenvalue weighted by atomic mass is 19.2. The van der Waals surface area contributed by atoms with Crippen LogP contribution < -0.4 is 10.6 Å². The predicted molar refractivity (Wildman–Crippen MR) is 90.0 cm³/mol. The van der Waals surface area contributed by atoms with Gasteiger partial charge in [0.2, 0.25) is 5.95 Å². The van der Waals surface area contributed by atoms with Crippen molar-refractivity contribution in [3.8, 4) is 0 Å². The Morgan fingerprint density at radius 2 is 1.67 bits per heavy atom. The van der Waals surface area contributed by atoms with Crippen LogP contribution in [0.1, 0.15) is 16.1 Å². The number of halogens is 4. The maximum Gasteiger partial charge on any atom is 0.274 e. The SMILES string of the molecule is O=C(Nc1ccc(F)c(F)c1F)c1ccnc(NCc2ccc(F)cc2)n1. The van der Waals surface area contributed by atoms with Gasteiger partial charge >= 0.3 is 0 Å². The van der Waals surface area contributed by atoms with Crippen LogP contribution >= 0.6 is 0 Å². The van der Waals surface area contributed by atoms with Crippen LogP contribution in [-0.4, -0.2) is 15.9 Å². The minimum atomic E-state index is -1.68. The second-order valence-corrected chi connectivity index (χ2v) is 5.42. The first-order chi connectivity index (χ1) is 12.9. The van der Waals surface area contributed by atoms with Crippen molar-refractivity contribution < 1.29 is 22.4 Å². The molecule has 0 atom stereocenters. The molecule has 138 valence electrons. The first-order valence-electron chi connectivity index (χ1n) is 7.70. The Balaban J connectivity index is 1.70. The molecule has 0 unspecified atom stereocenters. The second-order valence-electron chi connectivity index (χ2n) is 5.42. The van der Waals surface area contributed by atoms with Gasteiger partial charge < -0.3 is 10.6 Å². The van der Waals surface area contributed by atoms with Crippen molar-refractivity contribution in [2.24, 2.45) is 0 Å². The largest absolute Gasteiger partial charge is 0.350 e. The lowest BCUT2D eigenvalue weighted by Crippen LogP contribution is -2.16. The third-order valence-corrected chi connectivity index (χ3v) is 3.54. The minimum Gasteiger partial charge on any atom is -0.350 e. The van der Waals surface area contributed by atoms with Gasteiger partial charge in [-0.3, -0.25) is 4.79 Å². The highest BCUT2D eigenvalue weighted by Gasteiger charge is 2.17. The number of aromatic nitrogens is 2. The molecule has 0 aliphatic heterocycles. The number of benzene rings is 2. The summed E-state index contributed by atoms with van der Waals surface area (Å²) in [6, 6.07) is 8.63. The van der Waals surface area contributed by atoms with Crippen molar-refractivity contribution >= 4 is 17.5 Å². The molecular formula is C18H12F4N4O. The van der Waals surface area contributed by atoms with Crippen molar-refractivity contribution in [2.45, 2.75) is 6.54 Å². The van der Waals surface area contributed by atoms with Gasteiger partial charge in [-0.15, -0.1) is 0 Å². The molecule has 0 fully saturated rings. The molecule has 0 saturated carbocycles. The number of carbonyl (C=O) groups excluding carboxylic acids is 1. The molecule has 27 heavy (non-hydrogen) atoms. The monoisotopic (exact) mass is 376 g/mol. The summed E-state index contributed by atoms with van der Waals surface area (Å²) in [5.41, 5.74) is 0.132. The topological polar surface area (TPSA) is 66.9 Å². The third-order valence-electron chi connectivity index (χ3n) is 3.54. The molecule has 0 spiro atoms. The number of hydrogen-bond donors (Lipinski definition) is 2. The zero-order valence-corrected chi connectivity index (χ0v) is 13.6. The molecule has 9 heteroatoms. The van der Waals surface area contributed by atoms with Crippen LogP contribution in [0.2, 0.25) is 0 Å². The molecule has 0 aliphatic carbocycles. The molecule has 3 rings (SSSR count). The summed E-state index contributed by atoms with van der Waals surface area (Å²) in [5, 5.41) is 4.98. The summed E-state index contributed by atoms with van der Waals surface area (Å²) in [6.07, 6.45) is 1.30. The maximum absolute atomic E-state index is 13.7. The van der Waals surface area contributed by atoms with Crippen LogP contribution in [0.15, 0.2) is 48.7 Å². The first-order valence-corrected chi connectivity index (χ1v) is 7.70. The van der Waals surface area contributed by atoms with E-state index in [1.165, 1.54) is 24.4 Å². The summed E-state index contributed by atoms with van der Waals surface area (Å²) < 4.78 is 52.7. The van der Waals surface area contributed by atoms with Gasteiger partial charge in [-0.25, -0.2) is 27.5 Å². The summed E-state index contributed by atoms with van der Waals surface area (Å²) >= 11 is 0. The molecule has 0 radical (unpaired) electrons. The quantitative estimate of drug-likeness (QED) is 0.524. The molecule has 1 heterocycles. The van der Waals surface area contributed by atoms with Crippen molar-refractivity contribution in [1.29, 1.82) is 0 Å². The molecule has 2 aromatic carbocycles. The molecular weight excluding hydrogens is 364 g/mol. The van der Waals surface area contributed by atoms with E-state index in [0.29, 0.717) is 6.07 Å². The number of rotatable bonds is 5. The Kier molecular flexibility index (Phi) is 5.30. The molecule has 1 aromatic heterocycles. The standard InChI is InChI=1S/C18H12F4N4O/c19-11-3-1-10(2-4-11)9-24-18-23-8-7-14(26-18)17(27)25-13-6-5-12(20)15(21)16(13)22/h1-8H,9H2,(H,25,27)(H,23,24,26). The third kappa shape index (κ3) is 4.38. The average Bonchev–Trinajstić information content (AvgIpc) is 2.68. The molecule has 3 aromatic rings. The van der Waals surface area contributed by atoms with Gasteiger partial charge in [-0.1, -0.05) is 12.1 Å². The predicted octanol–water partition coefficient (Wildman–Crippen LogP) is 3.90. The lowest BCUT2D eigenvalue weighted by Gasteiger charge is -2.09. The highest BCUT2D eigenvalue weighted by molar-refractivity contribution is 6.03. The fourth-order valence-electron chi connectivity index (χ4n) is 2.16. The summed E-state index contributed by atoms with van der Waals surface area (Å²) in [6.45, 7) is 0.281. The van der Waals surface area contributed by atoms with Gasteiger partial charge in [0.25, 0.3) is 5.91 Å². The van der Waals surface area contributed by atoms with Crippen molar-refractivity contribution in [3.05, 3.63) is 83.2 Å². The van der Waals surface area contributed by atoms with E-state index in [1.54, 1.807) is 12.1 Å². The summed E-state index contributed by atoms with van der Waals surface area (Å²) in [7, 11) is 0. The summed E-state index contributed by atoms with van der Waals surface area (Å²) in [4.78, 5) is 20.1. The van der Waals surface area contributed by atoms with Crippen LogP contribution in [0.25, 0.3) is 0 Å². The molecule has 0 bridgehead atoms. The van der Waals surface area contributed by atoms with Crippen molar-refractivity contribution in [3.63, 3.8) is 0 Å². The van der Waals surface area contributed by atoms with Gasteiger partial charge in [0.05, 0.1) is 5.69 Å². The van der Waals surface area contributed by atoms with E-state index in [2.05, 4.69) is 20.6 Å². The number of amides is 1. The molecule has 0 saturated heterocycles. The van der Waals surface area contributed by atoms with Crippen molar-refractivity contribution in [1.82, 2.24) is 9.97 Å². The molecule has 2 N–H and O–H groups in total. The molecule has 1 amide bonds. The van der Waals surface area contributed by atoms with E-state index in [9.17, 15) is 22.4 Å². The Bertz CT molecular complexity index is 980. The van der Waals surface area contributed by atoms with Crippen LogP contribution in [-0.2, 0) is 6.54 Å². The first kappa shape index (κ1) is 18.3. The lowest BCUT2D eigenvalue weighted by molar-refractivity contribution is 0.102. The lowest BCUT2D eigenvalue weighted by atomic mass is 10.2. The Morgan fingerprint density at radius 3 is 2.41 bits per heavy atom. The fraction of sp³-hybridized carbons (Fsp3) is 0.0556. The Morgan fingerprint density at radius 1 is 0.926 bits per heavy atom. The number of anilines is 2. The van der Waals surface area contributed by atoms with E-state index in [-0.39, 0.29) is 24.0 Å². The van der Waals surface area contributed by atoms with Crippen molar-refractivity contribution in [2.75, 3.05) is 10.6 Å². The molecule has 5 nitrogen and oxygen atoms in total. The van der Waals surface area contributed by atoms with Gasteiger partial charge in [0, 0.05) is 12.7 Å². The van der Waals surface area contributed by atoms with Crippen LogP contribution in [0.4, 0.5) is 29.2 Å².